The van der Waals surface area contributed by atoms with E-state index in [1.54, 1.807) is 0 Å². The van der Waals surface area contributed by atoms with Crippen LogP contribution in [-0.2, 0) is 11.8 Å². The molecule has 0 spiro atoms. The zero-order valence-electron chi connectivity index (χ0n) is 15.0. The van der Waals surface area contributed by atoms with E-state index in [2.05, 4.69) is 56.1 Å². The summed E-state index contributed by atoms with van der Waals surface area (Å²) in [6.45, 7) is 5.51. The summed E-state index contributed by atoms with van der Waals surface area (Å²) >= 11 is 5.71. The van der Waals surface area contributed by atoms with E-state index in [1.165, 1.54) is 5.69 Å². The highest BCUT2D eigenvalue weighted by molar-refractivity contribution is 7.80. The molecule has 0 aromatic carbocycles. The number of hydrogen-bond acceptors (Lipinski definition) is 4. The van der Waals surface area contributed by atoms with Crippen molar-refractivity contribution < 1.29 is 4.74 Å². The molecule has 7 heteroatoms. The molecular formula is C19H25N5OS. The summed E-state index contributed by atoms with van der Waals surface area (Å²) in [5.41, 5.74) is 2.27. The van der Waals surface area contributed by atoms with Gasteiger partial charge in [0.2, 0.25) is 0 Å². The fourth-order valence-electron chi connectivity index (χ4n) is 3.82. The van der Waals surface area contributed by atoms with Crippen molar-refractivity contribution in [3.63, 3.8) is 0 Å². The maximum atomic E-state index is 5.71. The summed E-state index contributed by atoms with van der Waals surface area (Å²) in [6.07, 6.45) is 3.94. The Morgan fingerprint density at radius 3 is 2.73 bits per heavy atom. The lowest BCUT2D eigenvalue weighted by Gasteiger charge is -2.32. The van der Waals surface area contributed by atoms with Gasteiger partial charge in [-0.3, -0.25) is 9.88 Å². The van der Waals surface area contributed by atoms with Gasteiger partial charge in [-0.25, -0.2) is 0 Å². The highest BCUT2D eigenvalue weighted by Crippen LogP contribution is 2.38. The third kappa shape index (κ3) is 3.47. The zero-order valence-corrected chi connectivity index (χ0v) is 15.9. The molecule has 2 aliphatic rings. The molecule has 0 aliphatic carbocycles. The largest absolute Gasteiger partial charge is 0.379 e. The third-order valence-corrected chi connectivity index (χ3v) is 5.60. The molecule has 2 atom stereocenters. The fourth-order valence-corrected chi connectivity index (χ4v) is 4.16. The molecule has 0 bridgehead atoms. The minimum absolute atomic E-state index is 0.0574. The standard InChI is InChI=1S/C19H25N5OS/c1-22-8-4-6-16(22)18-17(15-5-2-3-7-20-15)21-19(26)24(18)10-9-23-11-13-25-14-12-23/h2-8,17-18H,9-14H2,1H3,(H,21,26)/t17-,18+/m0/s1. The van der Waals surface area contributed by atoms with E-state index in [9.17, 15) is 0 Å². The number of nitrogens with zero attached hydrogens (tertiary/aromatic N) is 4. The number of aromatic nitrogens is 2. The Kier molecular flexibility index (Phi) is 5.19. The van der Waals surface area contributed by atoms with E-state index in [-0.39, 0.29) is 12.1 Å². The molecule has 138 valence electrons. The first-order chi connectivity index (χ1) is 12.7. The first kappa shape index (κ1) is 17.5. The highest BCUT2D eigenvalue weighted by Gasteiger charge is 2.40. The fraction of sp³-hybridized carbons (Fsp3) is 0.474. The lowest BCUT2D eigenvalue weighted by atomic mass is 10.0. The van der Waals surface area contributed by atoms with Crippen LogP contribution in [0.25, 0.3) is 0 Å². The summed E-state index contributed by atoms with van der Waals surface area (Å²) in [6, 6.07) is 10.5. The number of thiocarbonyl (C=S) groups is 1. The van der Waals surface area contributed by atoms with Gasteiger partial charge in [-0.15, -0.1) is 0 Å². The van der Waals surface area contributed by atoms with E-state index in [4.69, 9.17) is 17.0 Å². The summed E-state index contributed by atoms with van der Waals surface area (Å²) in [5, 5.41) is 4.32. The van der Waals surface area contributed by atoms with Crippen LogP contribution in [0.4, 0.5) is 0 Å². The number of rotatable bonds is 5. The number of pyridine rings is 1. The van der Waals surface area contributed by atoms with Crippen molar-refractivity contribution in [2.75, 3.05) is 39.4 Å². The molecule has 2 aliphatic heterocycles. The minimum Gasteiger partial charge on any atom is -0.379 e. The van der Waals surface area contributed by atoms with Crippen LogP contribution in [-0.4, -0.2) is 63.9 Å². The Balaban J connectivity index is 1.59. The van der Waals surface area contributed by atoms with Crippen molar-refractivity contribution in [1.82, 2.24) is 24.7 Å². The topological polar surface area (TPSA) is 45.6 Å². The van der Waals surface area contributed by atoms with Crippen LogP contribution >= 0.6 is 12.2 Å². The normalized spacial score (nSPS) is 24.0. The van der Waals surface area contributed by atoms with Crippen LogP contribution in [0, 0.1) is 0 Å². The van der Waals surface area contributed by atoms with Gasteiger partial charge in [-0.1, -0.05) is 6.07 Å². The molecule has 0 amide bonds. The molecule has 2 fully saturated rings. The van der Waals surface area contributed by atoms with Crippen molar-refractivity contribution >= 4 is 17.3 Å². The zero-order chi connectivity index (χ0) is 17.9. The van der Waals surface area contributed by atoms with E-state index in [1.807, 2.05) is 18.3 Å². The lowest BCUT2D eigenvalue weighted by molar-refractivity contribution is 0.0349. The molecule has 26 heavy (non-hydrogen) atoms. The molecule has 6 nitrogen and oxygen atoms in total. The minimum atomic E-state index is 0.0574. The number of morpholine rings is 1. The Labute approximate surface area is 159 Å². The summed E-state index contributed by atoms with van der Waals surface area (Å²) in [7, 11) is 2.09. The molecule has 0 radical (unpaired) electrons. The van der Waals surface area contributed by atoms with Crippen molar-refractivity contribution in [3.05, 3.63) is 54.1 Å². The molecule has 4 heterocycles. The van der Waals surface area contributed by atoms with Crippen molar-refractivity contribution in [3.8, 4) is 0 Å². The highest BCUT2D eigenvalue weighted by atomic mass is 32.1. The second kappa shape index (κ2) is 7.73. The van der Waals surface area contributed by atoms with E-state index < -0.39 is 0 Å². The number of aryl methyl sites for hydroxylation is 1. The molecule has 2 aromatic heterocycles. The summed E-state index contributed by atoms with van der Waals surface area (Å²) in [4.78, 5) is 9.35. The molecular weight excluding hydrogens is 346 g/mol. The summed E-state index contributed by atoms with van der Waals surface area (Å²) in [5.74, 6) is 0. The van der Waals surface area contributed by atoms with Crippen LogP contribution in [0.1, 0.15) is 23.5 Å². The predicted octanol–water partition coefficient (Wildman–Crippen LogP) is 1.72. The van der Waals surface area contributed by atoms with Crippen LogP contribution in [0.15, 0.2) is 42.7 Å². The quantitative estimate of drug-likeness (QED) is 0.808. The molecule has 2 saturated heterocycles. The van der Waals surface area contributed by atoms with Gasteiger partial charge in [0.15, 0.2) is 5.11 Å². The van der Waals surface area contributed by atoms with Gasteiger partial charge in [0.1, 0.15) is 0 Å². The van der Waals surface area contributed by atoms with Gasteiger partial charge in [0.25, 0.3) is 0 Å². The number of ether oxygens (including phenoxy) is 1. The van der Waals surface area contributed by atoms with Gasteiger partial charge >= 0.3 is 0 Å². The van der Waals surface area contributed by atoms with Gasteiger partial charge < -0.3 is 19.5 Å². The van der Waals surface area contributed by atoms with Gasteiger partial charge in [-0.2, -0.15) is 0 Å². The van der Waals surface area contributed by atoms with Crippen molar-refractivity contribution in [2.24, 2.45) is 7.05 Å². The second-order valence-corrected chi connectivity index (χ2v) is 7.20. The van der Waals surface area contributed by atoms with Crippen LogP contribution in [0.5, 0.6) is 0 Å². The molecule has 2 aromatic rings. The Morgan fingerprint density at radius 2 is 2.04 bits per heavy atom. The maximum Gasteiger partial charge on any atom is 0.170 e. The van der Waals surface area contributed by atoms with Crippen molar-refractivity contribution in [2.45, 2.75) is 12.1 Å². The molecule has 1 N–H and O–H groups in total. The average Bonchev–Trinajstić information content (AvgIpc) is 3.24. The summed E-state index contributed by atoms with van der Waals surface area (Å²) < 4.78 is 7.64. The first-order valence-corrected chi connectivity index (χ1v) is 9.54. The van der Waals surface area contributed by atoms with Crippen LogP contribution < -0.4 is 5.32 Å². The Bertz CT molecular complexity index is 743. The van der Waals surface area contributed by atoms with E-state index >= 15 is 0 Å². The Hall–Kier alpha value is -1.96. The van der Waals surface area contributed by atoms with Gasteiger partial charge in [0, 0.05) is 51.3 Å². The predicted molar refractivity (Wildman–Crippen MR) is 105 cm³/mol. The van der Waals surface area contributed by atoms with Gasteiger partial charge in [-0.05, 0) is 36.5 Å². The monoisotopic (exact) mass is 371 g/mol. The first-order valence-electron chi connectivity index (χ1n) is 9.13. The smallest absolute Gasteiger partial charge is 0.170 e. The Morgan fingerprint density at radius 1 is 1.19 bits per heavy atom. The average molecular weight is 372 g/mol. The third-order valence-electron chi connectivity index (χ3n) is 5.25. The van der Waals surface area contributed by atoms with E-state index in [0.717, 1.165) is 50.2 Å². The van der Waals surface area contributed by atoms with Crippen molar-refractivity contribution in [1.29, 1.82) is 0 Å². The van der Waals surface area contributed by atoms with E-state index in [0.29, 0.717) is 0 Å². The maximum absolute atomic E-state index is 5.71. The second-order valence-electron chi connectivity index (χ2n) is 6.82. The lowest BCUT2D eigenvalue weighted by Crippen LogP contribution is -2.42. The van der Waals surface area contributed by atoms with Gasteiger partial charge in [0.05, 0.1) is 31.0 Å². The number of hydrogen-bond donors (Lipinski definition) is 1. The molecule has 0 unspecified atom stereocenters. The van der Waals surface area contributed by atoms with Crippen LogP contribution in [0.2, 0.25) is 0 Å². The molecule has 4 rings (SSSR count). The SMILES string of the molecule is Cn1cccc1[C@@H]1[C@H](c2ccccn2)NC(=S)N1CCN1CCOCC1. The van der Waals surface area contributed by atoms with Crippen LogP contribution in [0.3, 0.4) is 0 Å². The molecule has 0 saturated carbocycles. The number of nitrogens with one attached hydrogen (secondary N) is 1.